The summed E-state index contributed by atoms with van der Waals surface area (Å²) in [6.07, 6.45) is 2.96. The van der Waals surface area contributed by atoms with Crippen LogP contribution in [-0.4, -0.2) is 55.2 Å². The number of nitrogens with zero attached hydrogens (tertiary/aromatic N) is 2. The number of nitrogens with one attached hydrogen (secondary N) is 2. The Bertz CT molecular complexity index is 517. The molecule has 3 N–H and O–H groups in total. The van der Waals surface area contributed by atoms with Crippen LogP contribution < -0.4 is 10.6 Å². The third-order valence-corrected chi connectivity index (χ3v) is 4.20. The van der Waals surface area contributed by atoms with Crippen molar-refractivity contribution in [3.63, 3.8) is 0 Å². The van der Waals surface area contributed by atoms with Crippen LogP contribution in [0.4, 0.5) is 4.39 Å². The first-order chi connectivity index (χ1) is 11.7. The van der Waals surface area contributed by atoms with Crippen molar-refractivity contribution in [3.05, 3.63) is 35.6 Å². The number of likely N-dealkylation sites (tertiary alicyclic amines) is 1. The molecule has 6 heteroatoms. The van der Waals surface area contributed by atoms with Gasteiger partial charge in [0.25, 0.3) is 0 Å². The molecular weight excluding hydrogens is 307 g/mol. The van der Waals surface area contributed by atoms with E-state index < -0.39 is 11.9 Å². The molecule has 5 nitrogen and oxygen atoms in total. The van der Waals surface area contributed by atoms with Crippen LogP contribution in [0.25, 0.3) is 0 Å². The van der Waals surface area contributed by atoms with E-state index in [0.29, 0.717) is 5.96 Å². The van der Waals surface area contributed by atoms with Crippen molar-refractivity contribution in [1.82, 2.24) is 15.5 Å². The van der Waals surface area contributed by atoms with Crippen molar-refractivity contribution in [2.75, 3.05) is 39.3 Å². The highest BCUT2D eigenvalue weighted by molar-refractivity contribution is 5.79. The second-order valence-electron chi connectivity index (χ2n) is 6.09. The second kappa shape index (κ2) is 10.3. The van der Waals surface area contributed by atoms with E-state index in [1.54, 1.807) is 18.2 Å². The average Bonchev–Trinajstić information content (AvgIpc) is 2.60. The van der Waals surface area contributed by atoms with E-state index in [-0.39, 0.29) is 12.1 Å². The molecule has 0 aliphatic carbocycles. The number of aliphatic hydroxyl groups excluding tert-OH is 1. The van der Waals surface area contributed by atoms with Gasteiger partial charge >= 0.3 is 0 Å². The normalized spacial score (nSPS) is 17.5. The molecule has 1 aliphatic rings. The van der Waals surface area contributed by atoms with Crippen LogP contribution in [0.3, 0.4) is 0 Å². The van der Waals surface area contributed by atoms with E-state index >= 15 is 0 Å². The monoisotopic (exact) mass is 336 g/mol. The lowest BCUT2D eigenvalue weighted by molar-refractivity contribution is 0.182. The highest BCUT2D eigenvalue weighted by Gasteiger charge is 2.12. The molecule has 0 aromatic heterocycles. The van der Waals surface area contributed by atoms with Crippen LogP contribution in [0.5, 0.6) is 0 Å². The number of hydrogen-bond donors (Lipinski definition) is 3. The minimum absolute atomic E-state index is 0.125. The van der Waals surface area contributed by atoms with E-state index in [1.165, 1.54) is 38.4 Å². The molecule has 1 atom stereocenters. The molecule has 1 aliphatic heterocycles. The summed E-state index contributed by atoms with van der Waals surface area (Å²) in [6.45, 7) is 6.99. The molecule has 24 heavy (non-hydrogen) atoms. The molecule has 1 heterocycles. The Morgan fingerprint density at radius 2 is 2.00 bits per heavy atom. The van der Waals surface area contributed by atoms with Crippen LogP contribution in [-0.2, 0) is 0 Å². The van der Waals surface area contributed by atoms with Gasteiger partial charge in [-0.05, 0) is 38.9 Å². The predicted octanol–water partition coefficient (Wildman–Crippen LogP) is 1.90. The molecule has 0 amide bonds. The fourth-order valence-electron chi connectivity index (χ4n) is 2.88. The maximum absolute atomic E-state index is 13.7. The molecule has 1 aromatic carbocycles. The summed E-state index contributed by atoms with van der Waals surface area (Å²) in [5, 5.41) is 16.6. The van der Waals surface area contributed by atoms with Crippen LogP contribution in [0.2, 0.25) is 0 Å². The Morgan fingerprint density at radius 3 is 2.71 bits per heavy atom. The Labute approximate surface area is 144 Å². The number of benzene rings is 1. The zero-order valence-electron chi connectivity index (χ0n) is 14.5. The van der Waals surface area contributed by atoms with E-state index in [1.807, 2.05) is 6.92 Å². The van der Waals surface area contributed by atoms with Gasteiger partial charge in [-0.25, -0.2) is 4.39 Å². The zero-order valence-corrected chi connectivity index (χ0v) is 14.5. The van der Waals surface area contributed by atoms with Gasteiger partial charge in [-0.15, -0.1) is 0 Å². The molecule has 1 unspecified atom stereocenters. The number of guanidine groups is 1. The van der Waals surface area contributed by atoms with Gasteiger partial charge in [0, 0.05) is 25.2 Å². The van der Waals surface area contributed by atoms with E-state index in [4.69, 9.17) is 0 Å². The number of aliphatic imine (C=N–C) groups is 1. The number of halogens is 1. The van der Waals surface area contributed by atoms with Gasteiger partial charge in [-0.3, -0.25) is 4.99 Å². The van der Waals surface area contributed by atoms with Crippen molar-refractivity contribution < 1.29 is 9.50 Å². The number of aliphatic hydroxyl groups is 1. The molecule has 0 spiro atoms. The fourth-order valence-corrected chi connectivity index (χ4v) is 2.88. The first kappa shape index (κ1) is 18.7. The summed E-state index contributed by atoms with van der Waals surface area (Å²) in [5.41, 5.74) is 0.283. The quantitative estimate of drug-likeness (QED) is 0.526. The van der Waals surface area contributed by atoms with Gasteiger partial charge in [0.05, 0.1) is 6.54 Å². The summed E-state index contributed by atoms with van der Waals surface area (Å²) in [4.78, 5) is 6.83. The minimum Gasteiger partial charge on any atom is -0.386 e. The highest BCUT2D eigenvalue weighted by Crippen LogP contribution is 2.16. The topological polar surface area (TPSA) is 59.9 Å². The molecule has 134 valence electrons. The summed E-state index contributed by atoms with van der Waals surface area (Å²) in [7, 11) is 0. The molecule has 0 bridgehead atoms. The van der Waals surface area contributed by atoms with Crippen LogP contribution in [0, 0.1) is 5.82 Å². The number of piperidine rings is 1. The summed E-state index contributed by atoms with van der Waals surface area (Å²) < 4.78 is 13.7. The lowest BCUT2D eigenvalue weighted by Gasteiger charge is -2.26. The highest BCUT2D eigenvalue weighted by atomic mass is 19.1. The van der Waals surface area contributed by atoms with Crippen molar-refractivity contribution in [3.8, 4) is 0 Å². The molecule has 2 rings (SSSR count). The second-order valence-corrected chi connectivity index (χ2v) is 6.09. The van der Waals surface area contributed by atoms with Crippen molar-refractivity contribution >= 4 is 5.96 Å². The van der Waals surface area contributed by atoms with Crippen molar-refractivity contribution in [2.24, 2.45) is 4.99 Å². The van der Waals surface area contributed by atoms with Gasteiger partial charge in [0.2, 0.25) is 0 Å². The average molecular weight is 336 g/mol. The van der Waals surface area contributed by atoms with Crippen molar-refractivity contribution in [2.45, 2.75) is 32.3 Å². The van der Waals surface area contributed by atoms with E-state index in [0.717, 1.165) is 19.6 Å². The number of hydrogen-bond acceptors (Lipinski definition) is 3. The smallest absolute Gasteiger partial charge is 0.191 e. The molecular formula is C18H29FN4O. The third kappa shape index (κ3) is 6.09. The first-order valence-corrected chi connectivity index (χ1v) is 8.87. The predicted molar refractivity (Wildman–Crippen MR) is 95.6 cm³/mol. The van der Waals surface area contributed by atoms with Crippen LogP contribution in [0.1, 0.15) is 37.9 Å². The zero-order chi connectivity index (χ0) is 17.2. The van der Waals surface area contributed by atoms with E-state index in [9.17, 15) is 9.50 Å². The minimum atomic E-state index is -0.941. The maximum Gasteiger partial charge on any atom is 0.191 e. The number of rotatable bonds is 7. The largest absolute Gasteiger partial charge is 0.386 e. The standard InChI is InChI=1S/C18H29FN4O/c1-2-20-18(21-10-13-23-11-6-3-7-12-23)22-14-17(24)15-8-4-5-9-16(15)19/h4-5,8-9,17,24H,2-3,6-7,10-14H2,1H3,(H2,20,21,22). The molecule has 1 aromatic rings. The van der Waals surface area contributed by atoms with Gasteiger partial charge in [0.1, 0.15) is 11.9 Å². The molecule has 1 fully saturated rings. The summed E-state index contributed by atoms with van der Waals surface area (Å²) in [5.74, 6) is 0.258. The van der Waals surface area contributed by atoms with Crippen LogP contribution in [0.15, 0.2) is 29.3 Å². The Kier molecular flexibility index (Phi) is 7.98. The molecule has 0 saturated carbocycles. The lowest BCUT2D eigenvalue weighted by atomic mass is 10.1. The van der Waals surface area contributed by atoms with Crippen molar-refractivity contribution in [1.29, 1.82) is 0 Å². The van der Waals surface area contributed by atoms with Gasteiger partial charge < -0.3 is 20.6 Å². The summed E-state index contributed by atoms with van der Waals surface area (Å²) >= 11 is 0. The summed E-state index contributed by atoms with van der Waals surface area (Å²) in [6, 6.07) is 6.27. The van der Waals surface area contributed by atoms with Crippen LogP contribution >= 0.6 is 0 Å². The Morgan fingerprint density at radius 1 is 1.25 bits per heavy atom. The Hall–Kier alpha value is -1.66. The van der Waals surface area contributed by atoms with Gasteiger partial charge in [0.15, 0.2) is 5.96 Å². The first-order valence-electron chi connectivity index (χ1n) is 8.87. The maximum atomic E-state index is 13.7. The third-order valence-electron chi connectivity index (χ3n) is 4.20. The molecule has 1 saturated heterocycles. The molecule has 0 radical (unpaired) electrons. The lowest BCUT2D eigenvalue weighted by Crippen LogP contribution is -2.42. The van der Waals surface area contributed by atoms with Gasteiger partial charge in [-0.1, -0.05) is 24.6 Å². The van der Waals surface area contributed by atoms with Gasteiger partial charge in [-0.2, -0.15) is 0 Å². The Balaban J connectivity index is 1.82. The fraction of sp³-hybridized carbons (Fsp3) is 0.611. The van der Waals surface area contributed by atoms with E-state index in [2.05, 4.69) is 20.5 Å². The SMILES string of the molecule is CCNC(=NCC(O)c1ccccc1F)NCCN1CCCCC1.